The first-order valence-electron chi connectivity index (χ1n) is 4.61. The third-order valence-corrected chi connectivity index (χ3v) is 2.01. The van der Waals surface area contributed by atoms with Crippen LogP contribution in [0.5, 0.6) is 0 Å². The van der Waals surface area contributed by atoms with Crippen molar-refractivity contribution in [2.45, 2.75) is 0 Å². The van der Waals surface area contributed by atoms with Crippen LogP contribution < -0.4 is 5.73 Å². The average Bonchev–Trinajstić information content (AvgIpc) is 2.27. The van der Waals surface area contributed by atoms with Gasteiger partial charge in [0, 0.05) is 11.6 Å². The van der Waals surface area contributed by atoms with E-state index >= 15 is 0 Å². The Kier molecular flexibility index (Phi) is 3.04. The van der Waals surface area contributed by atoms with Gasteiger partial charge in [0.05, 0.1) is 0 Å². The number of aromatic nitrogens is 2. The summed E-state index contributed by atoms with van der Waals surface area (Å²) in [6, 6.07) is 11.2. The molecule has 2 rings (SSSR count). The summed E-state index contributed by atoms with van der Waals surface area (Å²) in [5.74, 6) is 5.97. The largest absolute Gasteiger partial charge is 0.368 e. The minimum atomic E-state index is 0.130. The molecule has 78 valence electrons. The molecular formula is C12H8ClN3. The van der Waals surface area contributed by atoms with E-state index in [1.807, 2.05) is 30.3 Å². The summed E-state index contributed by atoms with van der Waals surface area (Å²) in [6.45, 7) is 0. The monoisotopic (exact) mass is 229 g/mol. The molecule has 0 unspecified atom stereocenters. The van der Waals surface area contributed by atoms with E-state index in [-0.39, 0.29) is 5.95 Å². The lowest BCUT2D eigenvalue weighted by molar-refractivity contribution is 1.17. The van der Waals surface area contributed by atoms with Crippen molar-refractivity contribution in [1.29, 1.82) is 0 Å². The number of benzene rings is 1. The van der Waals surface area contributed by atoms with Gasteiger partial charge in [0.2, 0.25) is 5.95 Å². The van der Waals surface area contributed by atoms with E-state index < -0.39 is 0 Å². The van der Waals surface area contributed by atoms with Gasteiger partial charge < -0.3 is 5.73 Å². The molecule has 0 radical (unpaired) electrons. The van der Waals surface area contributed by atoms with Crippen molar-refractivity contribution in [2.75, 3.05) is 5.73 Å². The Hall–Kier alpha value is -2.05. The van der Waals surface area contributed by atoms with Gasteiger partial charge in [-0.05, 0) is 18.1 Å². The fourth-order valence-corrected chi connectivity index (χ4v) is 1.35. The molecule has 0 fully saturated rings. The summed E-state index contributed by atoms with van der Waals surface area (Å²) in [7, 11) is 0. The second-order valence-corrected chi connectivity index (χ2v) is 3.44. The van der Waals surface area contributed by atoms with Gasteiger partial charge in [-0.1, -0.05) is 35.7 Å². The van der Waals surface area contributed by atoms with Crippen molar-refractivity contribution in [3.63, 3.8) is 0 Å². The number of nitrogen functional groups attached to an aromatic ring is 1. The molecule has 2 N–H and O–H groups in total. The van der Waals surface area contributed by atoms with Gasteiger partial charge in [-0.25, -0.2) is 9.97 Å². The maximum Gasteiger partial charge on any atom is 0.222 e. The Labute approximate surface area is 98.3 Å². The lowest BCUT2D eigenvalue weighted by Gasteiger charge is -1.94. The highest BCUT2D eigenvalue weighted by atomic mass is 35.5. The Morgan fingerprint density at radius 3 is 2.50 bits per heavy atom. The number of halogens is 1. The lowest BCUT2D eigenvalue weighted by atomic mass is 10.2. The van der Waals surface area contributed by atoms with E-state index in [9.17, 15) is 0 Å². The van der Waals surface area contributed by atoms with Crippen LogP contribution in [0.4, 0.5) is 5.95 Å². The van der Waals surface area contributed by atoms with E-state index in [4.69, 9.17) is 17.3 Å². The standard InChI is InChI=1S/C12H8ClN3/c13-11-8-10(15-12(14)16-11)7-6-9-4-2-1-3-5-9/h1-5,8H,(H2,14,15,16). The summed E-state index contributed by atoms with van der Waals surface area (Å²) in [5, 5.41) is 0.296. The molecule has 3 nitrogen and oxygen atoms in total. The molecule has 0 spiro atoms. The van der Waals surface area contributed by atoms with Crippen LogP contribution in [0, 0.1) is 11.8 Å². The molecular weight excluding hydrogens is 222 g/mol. The van der Waals surface area contributed by atoms with Crippen LogP contribution in [-0.4, -0.2) is 9.97 Å². The van der Waals surface area contributed by atoms with Crippen molar-refractivity contribution in [3.05, 3.63) is 52.8 Å². The van der Waals surface area contributed by atoms with E-state index in [0.29, 0.717) is 10.8 Å². The van der Waals surface area contributed by atoms with E-state index in [2.05, 4.69) is 21.8 Å². The van der Waals surface area contributed by atoms with Crippen LogP contribution in [0.3, 0.4) is 0 Å². The highest BCUT2D eigenvalue weighted by Crippen LogP contribution is 2.07. The van der Waals surface area contributed by atoms with Crippen LogP contribution in [0.25, 0.3) is 0 Å². The third kappa shape index (κ3) is 2.72. The molecule has 0 saturated carbocycles. The van der Waals surface area contributed by atoms with Crippen LogP contribution >= 0.6 is 11.6 Å². The first kappa shape index (κ1) is 10.5. The predicted octanol–water partition coefficient (Wildman–Crippen LogP) is 2.11. The maximum atomic E-state index is 5.73. The third-order valence-electron chi connectivity index (χ3n) is 1.82. The molecule has 0 aliphatic rings. The van der Waals surface area contributed by atoms with E-state index in [0.717, 1.165) is 5.56 Å². The Balaban J connectivity index is 2.31. The van der Waals surface area contributed by atoms with Gasteiger partial charge >= 0.3 is 0 Å². The number of nitrogens with zero attached hydrogens (tertiary/aromatic N) is 2. The minimum Gasteiger partial charge on any atom is -0.368 e. The lowest BCUT2D eigenvalue weighted by Crippen LogP contribution is -1.96. The highest BCUT2D eigenvalue weighted by molar-refractivity contribution is 6.29. The van der Waals surface area contributed by atoms with Crippen LogP contribution in [0.2, 0.25) is 5.15 Å². The van der Waals surface area contributed by atoms with E-state index in [1.54, 1.807) is 6.07 Å². The van der Waals surface area contributed by atoms with Crippen molar-refractivity contribution in [1.82, 2.24) is 9.97 Å². The molecule has 1 heterocycles. The molecule has 2 aromatic rings. The van der Waals surface area contributed by atoms with Crippen molar-refractivity contribution in [2.24, 2.45) is 0 Å². The molecule has 1 aromatic heterocycles. The SMILES string of the molecule is Nc1nc(Cl)cc(C#Cc2ccccc2)n1. The average molecular weight is 230 g/mol. The van der Waals surface area contributed by atoms with Crippen LogP contribution in [0.1, 0.15) is 11.3 Å². The summed E-state index contributed by atoms with van der Waals surface area (Å²) in [5.41, 5.74) is 6.88. The Bertz CT molecular complexity index is 535. The normalized spacial score (nSPS) is 9.31. The Morgan fingerprint density at radius 2 is 1.81 bits per heavy atom. The van der Waals surface area contributed by atoms with Crippen LogP contribution in [-0.2, 0) is 0 Å². The predicted molar refractivity (Wildman–Crippen MR) is 63.9 cm³/mol. The topological polar surface area (TPSA) is 51.8 Å². The zero-order valence-electron chi connectivity index (χ0n) is 8.31. The molecule has 0 aliphatic heterocycles. The molecule has 0 saturated heterocycles. The number of nitrogens with two attached hydrogens (primary N) is 1. The van der Waals surface area contributed by atoms with Crippen molar-refractivity contribution < 1.29 is 0 Å². The van der Waals surface area contributed by atoms with Gasteiger partial charge in [0.25, 0.3) is 0 Å². The second-order valence-electron chi connectivity index (χ2n) is 3.05. The molecule has 0 bridgehead atoms. The molecule has 0 aliphatic carbocycles. The van der Waals surface area contributed by atoms with Gasteiger partial charge in [-0.15, -0.1) is 0 Å². The van der Waals surface area contributed by atoms with Gasteiger partial charge in [-0.2, -0.15) is 0 Å². The van der Waals surface area contributed by atoms with Crippen molar-refractivity contribution >= 4 is 17.5 Å². The fraction of sp³-hybridized carbons (Fsp3) is 0. The van der Waals surface area contributed by atoms with Crippen LogP contribution in [0.15, 0.2) is 36.4 Å². The number of anilines is 1. The fourth-order valence-electron chi connectivity index (χ4n) is 1.16. The summed E-state index contributed by atoms with van der Waals surface area (Å²) in [6.07, 6.45) is 0. The summed E-state index contributed by atoms with van der Waals surface area (Å²) < 4.78 is 0. The number of hydrogen-bond acceptors (Lipinski definition) is 3. The maximum absolute atomic E-state index is 5.73. The quantitative estimate of drug-likeness (QED) is 0.556. The molecule has 0 atom stereocenters. The van der Waals surface area contributed by atoms with E-state index in [1.165, 1.54) is 0 Å². The zero-order chi connectivity index (χ0) is 11.4. The molecule has 4 heteroatoms. The minimum absolute atomic E-state index is 0.130. The van der Waals surface area contributed by atoms with Crippen molar-refractivity contribution in [3.8, 4) is 11.8 Å². The summed E-state index contributed by atoms with van der Waals surface area (Å²) in [4.78, 5) is 7.71. The Morgan fingerprint density at radius 1 is 1.06 bits per heavy atom. The van der Waals surface area contributed by atoms with Gasteiger partial charge in [-0.3, -0.25) is 0 Å². The highest BCUT2D eigenvalue weighted by Gasteiger charge is 1.96. The summed E-state index contributed by atoms with van der Waals surface area (Å²) >= 11 is 5.73. The number of rotatable bonds is 0. The smallest absolute Gasteiger partial charge is 0.222 e. The molecule has 1 aromatic carbocycles. The van der Waals surface area contributed by atoms with Gasteiger partial charge in [0.15, 0.2) is 0 Å². The zero-order valence-corrected chi connectivity index (χ0v) is 9.07. The second kappa shape index (κ2) is 4.65. The number of hydrogen-bond donors (Lipinski definition) is 1. The molecule has 16 heavy (non-hydrogen) atoms. The first-order chi connectivity index (χ1) is 7.74. The first-order valence-corrected chi connectivity index (χ1v) is 4.99. The van der Waals surface area contributed by atoms with Gasteiger partial charge in [0.1, 0.15) is 10.8 Å². The molecule has 0 amide bonds.